The summed E-state index contributed by atoms with van der Waals surface area (Å²) in [7, 11) is 0. The molecule has 23 heavy (non-hydrogen) atoms. The van der Waals surface area contributed by atoms with Crippen LogP contribution in [0.2, 0.25) is 0 Å². The molecule has 1 aliphatic heterocycles. The molecular weight excluding hydrogens is 300 g/mol. The summed E-state index contributed by atoms with van der Waals surface area (Å²) in [6.07, 6.45) is -0.108. The molecule has 1 saturated heterocycles. The maximum atomic E-state index is 11.7. The van der Waals surface area contributed by atoms with Crippen LogP contribution in [0.5, 0.6) is 0 Å². The van der Waals surface area contributed by atoms with Crippen LogP contribution in [-0.4, -0.2) is 53.0 Å². The smallest absolute Gasteiger partial charge is 0.308 e. The number of carbonyl (C=O) groups is 1. The minimum Gasteiger partial charge on any atom is -0.463 e. The Morgan fingerprint density at radius 3 is 2.43 bits per heavy atom. The molecule has 1 aliphatic rings. The Kier molecular flexibility index (Phi) is 8.47. The first-order chi connectivity index (χ1) is 10.7. The van der Waals surface area contributed by atoms with Crippen molar-refractivity contribution in [2.45, 2.75) is 97.1 Å². The fourth-order valence-electron chi connectivity index (χ4n) is 2.54. The number of ether oxygens (including phenoxy) is 3. The molecule has 0 aromatic rings. The largest absolute Gasteiger partial charge is 0.463 e. The fraction of sp³-hybridized carbons (Fsp3) is 0.941. The van der Waals surface area contributed by atoms with E-state index in [-0.39, 0.29) is 36.6 Å². The average Bonchev–Trinajstić information content (AvgIpc) is 2.43. The molecule has 0 saturated carbocycles. The molecule has 2 N–H and O–H groups in total. The Morgan fingerprint density at radius 2 is 1.83 bits per heavy atom. The standard InChI is InChI=1S/C17H32O6/c1-10(2)21-16(20)11(3)7-6-8-12(4)22-17-15(19)9-14(18)13(5)23-17/h10-15,17-19H,6-9H2,1-5H3/t11-,12-,13+,14-,15-,17-/m1/s1. The van der Waals surface area contributed by atoms with Crippen molar-refractivity contribution in [1.82, 2.24) is 0 Å². The van der Waals surface area contributed by atoms with Crippen LogP contribution < -0.4 is 0 Å². The second-order valence-corrected chi connectivity index (χ2v) is 6.84. The molecule has 1 fully saturated rings. The van der Waals surface area contributed by atoms with Gasteiger partial charge in [-0.05, 0) is 40.5 Å². The SMILES string of the molecule is CC(C)OC(=O)[C@H](C)CCC[C@@H](C)O[C@@H]1O[C@@H](C)[C@H](O)C[C@H]1O. The van der Waals surface area contributed by atoms with Crippen LogP contribution in [0.4, 0.5) is 0 Å². The molecule has 6 nitrogen and oxygen atoms in total. The lowest BCUT2D eigenvalue weighted by Gasteiger charge is -2.36. The third-order valence-electron chi connectivity index (χ3n) is 4.06. The third-order valence-corrected chi connectivity index (χ3v) is 4.06. The highest BCUT2D eigenvalue weighted by Gasteiger charge is 2.35. The lowest BCUT2D eigenvalue weighted by molar-refractivity contribution is -0.273. The van der Waals surface area contributed by atoms with Crippen molar-refractivity contribution < 1.29 is 29.2 Å². The topological polar surface area (TPSA) is 85.2 Å². The third kappa shape index (κ3) is 7.16. The number of carbonyl (C=O) groups excluding carboxylic acids is 1. The number of aliphatic hydroxyl groups excluding tert-OH is 2. The van der Waals surface area contributed by atoms with Gasteiger partial charge < -0.3 is 24.4 Å². The molecule has 0 radical (unpaired) electrons. The van der Waals surface area contributed by atoms with Gasteiger partial charge in [-0.1, -0.05) is 13.3 Å². The van der Waals surface area contributed by atoms with Crippen molar-refractivity contribution in [3.63, 3.8) is 0 Å². The summed E-state index contributed by atoms with van der Waals surface area (Å²) in [6.45, 7) is 9.23. The molecule has 0 unspecified atom stereocenters. The van der Waals surface area contributed by atoms with Gasteiger partial charge in [-0.3, -0.25) is 4.79 Å². The number of aliphatic hydroxyl groups is 2. The monoisotopic (exact) mass is 332 g/mol. The van der Waals surface area contributed by atoms with E-state index in [2.05, 4.69) is 0 Å². The zero-order chi connectivity index (χ0) is 17.6. The van der Waals surface area contributed by atoms with Crippen LogP contribution in [0.3, 0.4) is 0 Å². The molecular formula is C17H32O6. The van der Waals surface area contributed by atoms with E-state index in [1.807, 2.05) is 27.7 Å². The maximum Gasteiger partial charge on any atom is 0.308 e. The average molecular weight is 332 g/mol. The molecule has 0 aliphatic carbocycles. The summed E-state index contributed by atoms with van der Waals surface area (Å²) in [6, 6.07) is 0. The molecule has 0 amide bonds. The van der Waals surface area contributed by atoms with Gasteiger partial charge in [0.25, 0.3) is 0 Å². The predicted molar refractivity (Wildman–Crippen MR) is 85.8 cm³/mol. The van der Waals surface area contributed by atoms with Crippen LogP contribution in [-0.2, 0) is 19.0 Å². The van der Waals surface area contributed by atoms with E-state index < -0.39 is 18.5 Å². The molecule has 6 atom stereocenters. The zero-order valence-corrected chi connectivity index (χ0v) is 14.9. The predicted octanol–water partition coefficient (Wildman–Crippen LogP) is 2.01. The normalized spacial score (nSPS) is 31.0. The minimum atomic E-state index is -0.816. The van der Waals surface area contributed by atoms with Crippen molar-refractivity contribution in [1.29, 1.82) is 0 Å². The summed E-state index contributed by atoms with van der Waals surface area (Å²) in [5, 5.41) is 19.5. The second kappa shape index (κ2) is 9.57. The van der Waals surface area contributed by atoms with Gasteiger partial charge in [-0.15, -0.1) is 0 Å². The van der Waals surface area contributed by atoms with Crippen LogP contribution in [0.1, 0.15) is 60.3 Å². The van der Waals surface area contributed by atoms with Gasteiger partial charge in [-0.25, -0.2) is 0 Å². The highest BCUT2D eigenvalue weighted by Crippen LogP contribution is 2.23. The van der Waals surface area contributed by atoms with E-state index in [1.54, 1.807) is 6.92 Å². The lowest BCUT2D eigenvalue weighted by Crippen LogP contribution is -2.48. The Morgan fingerprint density at radius 1 is 1.17 bits per heavy atom. The van der Waals surface area contributed by atoms with Crippen molar-refractivity contribution >= 4 is 5.97 Å². The first-order valence-electron chi connectivity index (χ1n) is 8.58. The molecule has 0 bridgehead atoms. The van der Waals surface area contributed by atoms with Gasteiger partial charge in [0, 0.05) is 6.42 Å². The first-order valence-corrected chi connectivity index (χ1v) is 8.58. The molecule has 0 spiro atoms. The van der Waals surface area contributed by atoms with Gasteiger partial charge >= 0.3 is 5.97 Å². The van der Waals surface area contributed by atoms with E-state index >= 15 is 0 Å². The summed E-state index contributed by atoms with van der Waals surface area (Å²) >= 11 is 0. The highest BCUT2D eigenvalue weighted by molar-refractivity contribution is 5.72. The van der Waals surface area contributed by atoms with Gasteiger partial charge in [0.1, 0.15) is 6.10 Å². The Hall–Kier alpha value is -0.690. The van der Waals surface area contributed by atoms with Crippen molar-refractivity contribution in [3.8, 4) is 0 Å². The van der Waals surface area contributed by atoms with Crippen molar-refractivity contribution in [2.75, 3.05) is 0 Å². The maximum absolute atomic E-state index is 11.7. The van der Waals surface area contributed by atoms with Crippen molar-refractivity contribution in [3.05, 3.63) is 0 Å². The quantitative estimate of drug-likeness (QED) is 0.661. The van der Waals surface area contributed by atoms with Crippen LogP contribution in [0, 0.1) is 5.92 Å². The summed E-state index contributed by atoms with van der Waals surface area (Å²) in [5.41, 5.74) is 0. The van der Waals surface area contributed by atoms with Gasteiger partial charge in [0.2, 0.25) is 0 Å². The van der Waals surface area contributed by atoms with Gasteiger partial charge in [-0.2, -0.15) is 0 Å². The zero-order valence-electron chi connectivity index (χ0n) is 14.9. The van der Waals surface area contributed by atoms with E-state index in [4.69, 9.17) is 14.2 Å². The van der Waals surface area contributed by atoms with Gasteiger partial charge in [0.15, 0.2) is 6.29 Å². The number of esters is 1. The van der Waals surface area contributed by atoms with Crippen LogP contribution in [0.25, 0.3) is 0 Å². The highest BCUT2D eigenvalue weighted by atomic mass is 16.7. The van der Waals surface area contributed by atoms with Gasteiger partial charge in [0.05, 0.1) is 30.3 Å². The minimum absolute atomic E-state index is 0.0884. The number of hydrogen-bond acceptors (Lipinski definition) is 6. The Labute approximate surface area is 139 Å². The van der Waals surface area contributed by atoms with Crippen molar-refractivity contribution in [2.24, 2.45) is 5.92 Å². The lowest BCUT2D eigenvalue weighted by atomic mass is 10.0. The summed E-state index contributed by atoms with van der Waals surface area (Å²) < 4.78 is 16.4. The second-order valence-electron chi connectivity index (χ2n) is 6.84. The molecule has 0 aromatic carbocycles. The summed E-state index contributed by atoms with van der Waals surface area (Å²) in [4.78, 5) is 11.7. The molecule has 1 rings (SSSR count). The number of hydrogen-bond donors (Lipinski definition) is 2. The van der Waals surface area contributed by atoms with E-state index in [1.165, 1.54) is 0 Å². The first kappa shape index (κ1) is 20.4. The number of rotatable bonds is 8. The fourth-order valence-corrected chi connectivity index (χ4v) is 2.54. The van der Waals surface area contributed by atoms with E-state index in [0.717, 1.165) is 19.3 Å². The molecule has 0 aromatic heterocycles. The Bertz CT molecular complexity index is 359. The summed E-state index contributed by atoms with van der Waals surface area (Å²) in [5.74, 6) is -0.293. The molecule has 1 heterocycles. The molecule has 6 heteroatoms. The van der Waals surface area contributed by atoms with E-state index in [0.29, 0.717) is 0 Å². The van der Waals surface area contributed by atoms with Crippen LogP contribution >= 0.6 is 0 Å². The van der Waals surface area contributed by atoms with Crippen LogP contribution in [0.15, 0.2) is 0 Å². The molecule has 136 valence electrons. The van der Waals surface area contributed by atoms with E-state index in [9.17, 15) is 15.0 Å². The Balaban J connectivity index is 2.26.